The summed E-state index contributed by atoms with van der Waals surface area (Å²) in [6, 6.07) is 10.1. The molecule has 0 saturated heterocycles. The summed E-state index contributed by atoms with van der Waals surface area (Å²) >= 11 is 0. The maximum Gasteiger partial charge on any atom is 0.155 e. The molecule has 0 spiro atoms. The summed E-state index contributed by atoms with van der Waals surface area (Å²) in [4.78, 5) is 4.52. The number of imidazole rings is 1. The maximum absolute atomic E-state index is 4.52. The second-order valence-corrected chi connectivity index (χ2v) is 3.78. The average Bonchev–Trinajstić information content (AvgIpc) is 2.57. The van der Waals surface area contributed by atoms with Crippen molar-refractivity contribution < 1.29 is 0 Å². The second-order valence-electron chi connectivity index (χ2n) is 3.78. The fourth-order valence-electron chi connectivity index (χ4n) is 1.76. The zero-order valence-corrected chi connectivity index (χ0v) is 8.73. The fraction of sp³-hybridized carbons (Fsp3) is 0.167. The van der Waals surface area contributed by atoms with Crippen LogP contribution >= 0.6 is 0 Å². The number of para-hydroxylation sites is 2. The molecular weight excluding hydrogens is 186 g/mol. The van der Waals surface area contributed by atoms with E-state index in [0.29, 0.717) is 0 Å². The van der Waals surface area contributed by atoms with Gasteiger partial charge in [0, 0.05) is 0 Å². The smallest absolute Gasteiger partial charge is 0.155 e. The van der Waals surface area contributed by atoms with E-state index in [4.69, 9.17) is 0 Å². The normalized spacial score (nSPS) is 11.3. The third-order valence-corrected chi connectivity index (χ3v) is 2.73. The van der Waals surface area contributed by atoms with Crippen LogP contribution in [0.3, 0.4) is 0 Å². The van der Waals surface area contributed by atoms with Crippen molar-refractivity contribution in [2.75, 3.05) is 0 Å². The highest BCUT2D eigenvalue weighted by molar-refractivity contribution is 5.79. The molecule has 3 heteroatoms. The van der Waals surface area contributed by atoms with Crippen molar-refractivity contribution in [3.05, 3.63) is 41.6 Å². The SMILES string of the molecule is Cc1cc2nc3ccccc3n2nc1C. The van der Waals surface area contributed by atoms with Crippen LogP contribution in [-0.4, -0.2) is 14.6 Å². The first-order valence-corrected chi connectivity index (χ1v) is 4.97. The van der Waals surface area contributed by atoms with E-state index in [1.54, 1.807) is 0 Å². The van der Waals surface area contributed by atoms with E-state index in [1.807, 2.05) is 35.7 Å². The number of nitrogens with zero attached hydrogens (tertiary/aromatic N) is 3. The molecule has 1 aromatic carbocycles. The predicted molar refractivity (Wildman–Crippen MR) is 60.0 cm³/mol. The standard InChI is InChI=1S/C12H11N3/c1-8-7-12-13-10-5-3-4-6-11(10)15(12)14-9(8)2/h3-7H,1-2H3. The Morgan fingerprint density at radius 3 is 2.80 bits per heavy atom. The summed E-state index contributed by atoms with van der Waals surface area (Å²) in [5.41, 5.74) is 5.20. The van der Waals surface area contributed by atoms with Crippen LogP contribution in [-0.2, 0) is 0 Å². The van der Waals surface area contributed by atoms with Crippen LogP contribution in [0.5, 0.6) is 0 Å². The van der Waals surface area contributed by atoms with Gasteiger partial charge in [0.05, 0.1) is 16.7 Å². The van der Waals surface area contributed by atoms with Crippen LogP contribution in [0, 0.1) is 13.8 Å². The van der Waals surface area contributed by atoms with Crippen LogP contribution in [0.4, 0.5) is 0 Å². The number of rotatable bonds is 0. The Labute approximate surface area is 87.4 Å². The van der Waals surface area contributed by atoms with E-state index in [-0.39, 0.29) is 0 Å². The molecule has 0 radical (unpaired) electrons. The lowest BCUT2D eigenvalue weighted by molar-refractivity contribution is 0.913. The summed E-state index contributed by atoms with van der Waals surface area (Å²) in [5.74, 6) is 0. The summed E-state index contributed by atoms with van der Waals surface area (Å²) in [7, 11) is 0. The van der Waals surface area contributed by atoms with Gasteiger partial charge in [0.1, 0.15) is 0 Å². The minimum Gasteiger partial charge on any atom is -0.227 e. The first-order chi connectivity index (χ1) is 7.25. The van der Waals surface area contributed by atoms with Gasteiger partial charge in [-0.05, 0) is 37.6 Å². The quantitative estimate of drug-likeness (QED) is 0.554. The Morgan fingerprint density at radius 1 is 1.13 bits per heavy atom. The van der Waals surface area contributed by atoms with E-state index >= 15 is 0 Å². The molecule has 0 N–H and O–H groups in total. The molecule has 0 fully saturated rings. The zero-order chi connectivity index (χ0) is 10.4. The molecule has 0 bridgehead atoms. The Hall–Kier alpha value is -1.90. The highest BCUT2D eigenvalue weighted by Crippen LogP contribution is 2.16. The first kappa shape index (κ1) is 8.41. The average molecular weight is 197 g/mol. The molecule has 0 aliphatic heterocycles. The second kappa shape index (κ2) is 2.79. The fourth-order valence-corrected chi connectivity index (χ4v) is 1.76. The first-order valence-electron chi connectivity index (χ1n) is 4.97. The molecule has 2 heterocycles. The number of fused-ring (bicyclic) bond motifs is 3. The third kappa shape index (κ3) is 1.13. The van der Waals surface area contributed by atoms with E-state index < -0.39 is 0 Å². The molecule has 3 nitrogen and oxygen atoms in total. The number of aryl methyl sites for hydroxylation is 2. The minimum absolute atomic E-state index is 0.916. The number of hydrogen-bond donors (Lipinski definition) is 0. The highest BCUT2D eigenvalue weighted by atomic mass is 15.3. The van der Waals surface area contributed by atoms with E-state index in [1.165, 1.54) is 5.56 Å². The lowest BCUT2D eigenvalue weighted by Crippen LogP contribution is -1.96. The summed E-state index contributed by atoms with van der Waals surface area (Å²) < 4.78 is 1.90. The lowest BCUT2D eigenvalue weighted by atomic mass is 10.2. The van der Waals surface area contributed by atoms with E-state index in [9.17, 15) is 0 Å². The molecule has 3 aromatic rings. The van der Waals surface area contributed by atoms with E-state index in [0.717, 1.165) is 22.4 Å². The maximum atomic E-state index is 4.52. The summed E-state index contributed by atoms with van der Waals surface area (Å²) in [5, 5.41) is 4.52. The van der Waals surface area contributed by atoms with Gasteiger partial charge in [0.2, 0.25) is 0 Å². The lowest BCUT2D eigenvalue weighted by Gasteiger charge is -1.99. The van der Waals surface area contributed by atoms with Gasteiger partial charge in [-0.2, -0.15) is 5.10 Å². The Bertz CT molecular complexity index is 652. The van der Waals surface area contributed by atoms with Crippen LogP contribution in [0.1, 0.15) is 11.3 Å². The van der Waals surface area contributed by atoms with Crippen molar-refractivity contribution >= 4 is 16.7 Å². The molecule has 2 aromatic heterocycles. The molecule has 0 aliphatic carbocycles. The van der Waals surface area contributed by atoms with Gasteiger partial charge < -0.3 is 0 Å². The van der Waals surface area contributed by atoms with Gasteiger partial charge in [-0.15, -0.1) is 0 Å². The van der Waals surface area contributed by atoms with Gasteiger partial charge in [0.15, 0.2) is 5.65 Å². The largest absolute Gasteiger partial charge is 0.227 e. The van der Waals surface area contributed by atoms with Gasteiger partial charge in [0.25, 0.3) is 0 Å². The third-order valence-electron chi connectivity index (χ3n) is 2.73. The van der Waals surface area contributed by atoms with Gasteiger partial charge in [-0.25, -0.2) is 9.50 Å². The van der Waals surface area contributed by atoms with Crippen molar-refractivity contribution in [3.8, 4) is 0 Å². The molecule has 0 atom stereocenters. The predicted octanol–water partition coefficient (Wildman–Crippen LogP) is 2.50. The minimum atomic E-state index is 0.916. The number of aromatic nitrogens is 3. The Kier molecular flexibility index (Phi) is 1.57. The zero-order valence-electron chi connectivity index (χ0n) is 8.73. The molecule has 0 unspecified atom stereocenters. The van der Waals surface area contributed by atoms with Crippen molar-refractivity contribution in [3.63, 3.8) is 0 Å². The number of hydrogen-bond acceptors (Lipinski definition) is 2. The summed E-state index contributed by atoms with van der Waals surface area (Å²) in [6.45, 7) is 4.07. The van der Waals surface area contributed by atoms with Crippen molar-refractivity contribution in [2.24, 2.45) is 0 Å². The van der Waals surface area contributed by atoms with Crippen LogP contribution in [0.15, 0.2) is 30.3 Å². The molecule has 0 amide bonds. The van der Waals surface area contributed by atoms with Crippen LogP contribution in [0.2, 0.25) is 0 Å². The van der Waals surface area contributed by atoms with Crippen molar-refractivity contribution in [2.45, 2.75) is 13.8 Å². The van der Waals surface area contributed by atoms with Crippen LogP contribution in [0.25, 0.3) is 16.7 Å². The molecule has 15 heavy (non-hydrogen) atoms. The van der Waals surface area contributed by atoms with Crippen molar-refractivity contribution in [1.29, 1.82) is 0 Å². The topological polar surface area (TPSA) is 30.2 Å². The van der Waals surface area contributed by atoms with Crippen LogP contribution < -0.4 is 0 Å². The Balaban J connectivity index is 2.56. The highest BCUT2D eigenvalue weighted by Gasteiger charge is 2.05. The molecule has 3 rings (SSSR count). The summed E-state index contributed by atoms with van der Waals surface area (Å²) in [6.07, 6.45) is 0. The van der Waals surface area contributed by atoms with Gasteiger partial charge in [-0.1, -0.05) is 12.1 Å². The molecule has 74 valence electrons. The van der Waals surface area contributed by atoms with Gasteiger partial charge in [-0.3, -0.25) is 0 Å². The molecule has 0 saturated carbocycles. The monoisotopic (exact) mass is 197 g/mol. The van der Waals surface area contributed by atoms with E-state index in [2.05, 4.69) is 23.1 Å². The molecule has 0 aliphatic rings. The van der Waals surface area contributed by atoms with Crippen molar-refractivity contribution in [1.82, 2.24) is 14.6 Å². The van der Waals surface area contributed by atoms with Gasteiger partial charge >= 0.3 is 0 Å². The molecular formula is C12H11N3. The Morgan fingerprint density at radius 2 is 1.93 bits per heavy atom. The number of benzene rings is 1.